The van der Waals surface area contributed by atoms with Gasteiger partial charge in [-0.25, -0.2) is 4.79 Å². The Morgan fingerprint density at radius 2 is 2.00 bits per heavy atom. The van der Waals surface area contributed by atoms with Crippen molar-refractivity contribution in [2.45, 2.75) is 27.0 Å². The Bertz CT molecular complexity index is 1140. The number of hydrogen-bond acceptors (Lipinski definition) is 6. The fourth-order valence-electron chi connectivity index (χ4n) is 3.06. The van der Waals surface area contributed by atoms with Crippen LogP contribution >= 0.6 is 11.6 Å². The number of benzene rings is 1. The van der Waals surface area contributed by atoms with Gasteiger partial charge in [0.1, 0.15) is 17.9 Å². The number of furan rings is 1. The lowest BCUT2D eigenvalue weighted by Gasteiger charge is -2.07. The number of halogens is 1. The van der Waals surface area contributed by atoms with Crippen LogP contribution in [0.1, 0.15) is 33.0 Å². The molecule has 0 aliphatic rings. The largest absolute Gasteiger partial charge is 0.461 e. The molecule has 0 aliphatic carbocycles. The summed E-state index contributed by atoms with van der Waals surface area (Å²) >= 11 is 6.24. The van der Waals surface area contributed by atoms with Gasteiger partial charge in [-0.05, 0) is 37.6 Å². The van der Waals surface area contributed by atoms with E-state index in [4.69, 9.17) is 25.3 Å². The smallest absolute Gasteiger partial charge is 0.342 e. The van der Waals surface area contributed by atoms with Crippen molar-refractivity contribution in [3.8, 4) is 11.5 Å². The summed E-state index contributed by atoms with van der Waals surface area (Å²) in [6.45, 7) is 4.06. The molecular formula is C21H18ClN3O4. The van der Waals surface area contributed by atoms with Gasteiger partial charge >= 0.3 is 5.97 Å². The number of hydrogen-bond donors (Lipinski definition) is 0. The number of ether oxygens (including phenoxy) is 1. The van der Waals surface area contributed by atoms with E-state index in [1.165, 1.54) is 0 Å². The van der Waals surface area contributed by atoms with Gasteiger partial charge in [0.15, 0.2) is 5.76 Å². The van der Waals surface area contributed by atoms with Crippen LogP contribution in [0.5, 0.6) is 0 Å². The van der Waals surface area contributed by atoms with Crippen LogP contribution in [0.3, 0.4) is 0 Å². The third-order valence-electron chi connectivity index (χ3n) is 4.54. The van der Waals surface area contributed by atoms with Gasteiger partial charge in [0, 0.05) is 11.1 Å². The van der Waals surface area contributed by atoms with E-state index in [1.54, 1.807) is 36.1 Å². The molecule has 0 N–H and O–H groups in total. The molecule has 0 radical (unpaired) electrons. The van der Waals surface area contributed by atoms with Crippen molar-refractivity contribution < 1.29 is 18.5 Å². The van der Waals surface area contributed by atoms with E-state index in [9.17, 15) is 4.79 Å². The molecule has 0 aliphatic heterocycles. The zero-order chi connectivity index (χ0) is 20.4. The van der Waals surface area contributed by atoms with Crippen LogP contribution in [0, 0.1) is 13.8 Å². The van der Waals surface area contributed by atoms with E-state index in [-0.39, 0.29) is 6.61 Å². The van der Waals surface area contributed by atoms with Crippen molar-refractivity contribution in [2.75, 3.05) is 0 Å². The van der Waals surface area contributed by atoms with Gasteiger partial charge in [0.2, 0.25) is 5.76 Å². The fraction of sp³-hybridized carbons (Fsp3) is 0.190. The van der Waals surface area contributed by atoms with E-state index in [0.29, 0.717) is 45.7 Å². The van der Waals surface area contributed by atoms with Crippen molar-refractivity contribution in [1.29, 1.82) is 0 Å². The Morgan fingerprint density at radius 1 is 1.17 bits per heavy atom. The summed E-state index contributed by atoms with van der Waals surface area (Å²) in [6.07, 6.45) is 1.55. The second-order valence-electron chi connectivity index (χ2n) is 6.53. The second-order valence-corrected chi connectivity index (χ2v) is 6.94. The summed E-state index contributed by atoms with van der Waals surface area (Å²) in [7, 11) is 0. The minimum Gasteiger partial charge on any atom is -0.461 e. The molecule has 3 heterocycles. The first-order valence-corrected chi connectivity index (χ1v) is 9.34. The number of rotatable bonds is 6. The van der Waals surface area contributed by atoms with E-state index >= 15 is 0 Å². The molecule has 4 rings (SSSR count). The number of aromatic nitrogens is 3. The third kappa shape index (κ3) is 3.95. The van der Waals surface area contributed by atoms with Crippen LogP contribution in [0.2, 0.25) is 5.02 Å². The standard InChI is InChI=1S/C21H18ClN3O4/c1-13-20(14(2)25(23-13)11-15-6-3-4-7-17(15)22)21(26)28-12-16-10-19(29-24-16)18-8-5-9-27-18/h3-10H,11-12H2,1-2H3. The van der Waals surface area contributed by atoms with E-state index in [1.807, 2.05) is 31.2 Å². The Balaban J connectivity index is 1.46. The molecule has 29 heavy (non-hydrogen) atoms. The molecule has 0 bridgehead atoms. The summed E-state index contributed by atoms with van der Waals surface area (Å²) < 4.78 is 17.6. The van der Waals surface area contributed by atoms with Gasteiger partial charge in [-0.15, -0.1) is 0 Å². The topological polar surface area (TPSA) is 83.3 Å². The molecule has 0 atom stereocenters. The van der Waals surface area contributed by atoms with Crippen molar-refractivity contribution in [3.63, 3.8) is 0 Å². The maximum absolute atomic E-state index is 12.6. The quantitative estimate of drug-likeness (QED) is 0.423. The van der Waals surface area contributed by atoms with Gasteiger partial charge in [-0.3, -0.25) is 4.68 Å². The first-order chi connectivity index (χ1) is 14.0. The molecule has 4 aromatic rings. The zero-order valence-electron chi connectivity index (χ0n) is 15.9. The normalized spacial score (nSPS) is 11.0. The Labute approximate surface area is 171 Å². The molecule has 7 nitrogen and oxygen atoms in total. The van der Waals surface area contributed by atoms with Gasteiger partial charge in [-0.2, -0.15) is 5.10 Å². The number of carbonyl (C=O) groups excluding carboxylic acids is 1. The van der Waals surface area contributed by atoms with Crippen molar-refractivity contribution in [2.24, 2.45) is 0 Å². The highest BCUT2D eigenvalue weighted by Crippen LogP contribution is 2.22. The molecule has 0 spiro atoms. The van der Waals surface area contributed by atoms with Crippen molar-refractivity contribution >= 4 is 17.6 Å². The predicted molar refractivity (Wildman–Crippen MR) is 106 cm³/mol. The predicted octanol–water partition coefficient (Wildman–Crippen LogP) is 4.81. The highest BCUT2D eigenvalue weighted by atomic mass is 35.5. The molecule has 3 aromatic heterocycles. The monoisotopic (exact) mass is 411 g/mol. The summed E-state index contributed by atoms with van der Waals surface area (Å²) in [4.78, 5) is 12.6. The second kappa shape index (κ2) is 7.97. The van der Waals surface area contributed by atoms with Crippen LogP contribution in [0.4, 0.5) is 0 Å². The minimum absolute atomic E-state index is 0.0163. The number of esters is 1. The van der Waals surface area contributed by atoms with E-state index < -0.39 is 5.97 Å². The fourth-order valence-corrected chi connectivity index (χ4v) is 3.26. The number of nitrogens with zero attached hydrogens (tertiary/aromatic N) is 3. The van der Waals surface area contributed by atoms with E-state index in [0.717, 1.165) is 5.56 Å². The summed E-state index contributed by atoms with van der Waals surface area (Å²) in [5.41, 5.74) is 3.16. The lowest BCUT2D eigenvalue weighted by atomic mass is 10.2. The highest BCUT2D eigenvalue weighted by Gasteiger charge is 2.21. The molecule has 1 aromatic carbocycles. The van der Waals surface area contributed by atoms with Crippen LogP contribution in [0.15, 0.2) is 57.7 Å². The average Bonchev–Trinajstić information content (AvgIpc) is 3.43. The zero-order valence-corrected chi connectivity index (χ0v) is 16.6. The molecule has 8 heteroatoms. The van der Waals surface area contributed by atoms with Crippen LogP contribution < -0.4 is 0 Å². The van der Waals surface area contributed by atoms with Crippen LogP contribution in [0.25, 0.3) is 11.5 Å². The van der Waals surface area contributed by atoms with Crippen molar-refractivity contribution in [3.05, 3.63) is 82.0 Å². The highest BCUT2D eigenvalue weighted by molar-refractivity contribution is 6.31. The third-order valence-corrected chi connectivity index (χ3v) is 4.91. The first kappa shape index (κ1) is 19.0. The first-order valence-electron chi connectivity index (χ1n) is 8.97. The molecule has 148 valence electrons. The van der Waals surface area contributed by atoms with Crippen LogP contribution in [-0.2, 0) is 17.9 Å². The lowest BCUT2D eigenvalue weighted by molar-refractivity contribution is 0.0462. The molecular weight excluding hydrogens is 394 g/mol. The van der Waals surface area contributed by atoms with E-state index in [2.05, 4.69) is 10.3 Å². The molecule has 0 saturated heterocycles. The summed E-state index contributed by atoms with van der Waals surface area (Å²) in [5.74, 6) is 0.566. The van der Waals surface area contributed by atoms with Gasteiger partial charge < -0.3 is 13.7 Å². The Morgan fingerprint density at radius 3 is 2.76 bits per heavy atom. The van der Waals surface area contributed by atoms with Crippen molar-refractivity contribution in [1.82, 2.24) is 14.9 Å². The molecule has 0 unspecified atom stereocenters. The summed E-state index contributed by atoms with van der Waals surface area (Å²) in [5, 5.41) is 9.03. The van der Waals surface area contributed by atoms with Gasteiger partial charge in [0.05, 0.1) is 24.2 Å². The minimum atomic E-state index is -0.465. The maximum atomic E-state index is 12.6. The maximum Gasteiger partial charge on any atom is 0.342 e. The molecule has 0 amide bonds. The van der Waals surface area contributed by atoms with Gasteiger partial charge in [-0.1, -0.05) is 35.0 Å². The van der Waals surface area contributed by atoms with Crippen LogP contribution in [-0.4, -0.2) is 20.9 Å². The SMILES string of the molecule is Cc1nn(Cc2ccccc2Cl)c(C)c1C(=O)OCc1cc(-c2ccco2)on1. The Kier molecular flexibility index (Phi) is 5.22. The average molecular weight is 412 g/mol. The van der Waals surface area contributed by atoms with Gasteiger partial charge in [0.25, 0.3) is 0 Å². The molecule has 0 fully saturated rings. The molecule has 0 saturated carbocycles. The number of carbonyl (C=O) groups is 1. The summed E-state index contributed by atoms with van der Waals surface area (Å²) in [6, 6.07) is 12.7. The number of aryl methyl sites for hydroxylation is 1. The lowest BCUT2D eigenvalue weighted by Crippen LogP contribution is -2.09. The Hall–Kier alpha value is -3.32.